The summed E-state index contributed by atoms with van der Waals surface area (Å²) >= 11 is 0. The molecule has 3 rings (SSSR count). The van der Waals surface area contributed by atoms with Crippen LogP contribution in [0.2, 0.25) is 0 Å². The van der Waals surface area contributed by atoms with Crippen LogP contribution in [0.4, 0.5) is 0 Å². The molecule has 0 N–H and O–H groups in total. The molecule has 0 saturated carbocycles. The molecule has 2 heterocycles. The fourth-order valence-corrected chi connectivity index (χ4v) is 1.85. The Labute approximate surface area is 97.8 Å². The van der Waals surface area contributed by atoms with Gasteiger partial charge in [0.15, 0.2) is 0 Å². The fraction of sp³-hybridized carbons (Fsp3) is 0. The lowest BCUT2D eigenvalue weighted by Crippen LogP contribution is -1.97. The molecular formula is C13H8N4. The van der Waals surface area contributed by atoms with E-state index < -0.39 is 0 Å². The molecular weight excluding hydrogens is 212 g/mol. The van der Waals surface area contributed by atoms with Crippen molar-refractivity contribution in [3.05, 3.63) is 54.5 Å². The van der Waals surface area contributed by atoms with Crippen molar-refractivity contribution in [2.75, 3.05) is 0 Å². The summed E-state index contributed by atoms with van der Waals surface area (Å²) in [6, 6.07) is 11.9. The molecule has 0 aliphatic rings. The van der Waals surface area contributed by atoms with Crippen LogP contribution in [-0.2, 0) is 0 Å². The number of rotatable bonds is 1. The second kappa shape index (κ2) is 3.72. The van der Waals surface area contributed by atoms with E-state index in [-0.39, 0.29) is 0 Å². The van der Waals surface area contributed by atoms with Crippen LogP contribution >= 0.6 is 0 Å². The van der Waals surface area contributed by atoms with E-state index in [1.54, 1.807) is 12.4 Å². The molecule has 0 fully saturated rings. The van der Waals surface area contributed by atoms with Crippen molar-refractivity contribution in [3.8, 4) is 17.3 Å². The summed E-state index contributed by atoms with van der Waals surface area (Å²) in [5.74, 6) is 0.600. The molecule has 0 radical (unpaired) electrons. The number of nitriles is 1. The van der Waals surface area contributed by atoms with Gasteiger partial charge in [-0.3, -0.25) is 4.40 Å². The van der Waals surface area contributed by atoms with Crippen molar-refractivity contribution in [1.29, 1.82) is 5.26 Å². The Morgan fingerprint density at radius 3 is 2.71 bits per heavy atom. The number of imidazole rings is 1. The molecule has 80 valence electrons. The largest absolute Gasteiger partial charge is 0.282 e. The average Bonchev–Trinajstić information content (AvgIpc) is 2.86. The van der Waals surface area contributed by atoms with Gasteiger partial charge in [0.1, 0.15) is 6.07 Å². The van der Waals surface area contributed by atoms with Crippen LogP contribution < -0.4 is 0 Å². The number of nitrogens with zero attached hydrogens (tertiary/aromatic N) is 4. The van der Waals surface area contributed by atoms with E-state index in [1.165, 1.54) is 0 Å². The van der Waals surface area contributed by atoms with Gasteiger partial charge in [-0.15, -0.1) is 0 Å². The third kappa shape index (κ3) is 1.45. The highest BCUT2D eigenvalue weighted by Gasteiger charge is 2.10. The van der Waals surface area contributed by atoms with E-state index in [1.807, 2.05) is 40.9 Å². The summed E-state index contributed by atoms with van der Waals surface area (Å²) in [5, 5.41) is 9.15. The van der Waals surface area contributed by atoms with Crippen molar-refractivity contribution in [2.24, 2.45) is 0 Å². The van der Waals surface area contributed by atoms with Crippen molar-refractivity contribution in [2.45, 2.75) is 0 Å². The number of benzene rings is 1. The highest BCUT2D eigenvalue weighted by atomic mass is 15.1. The lowest BCUT2D eigenvalue weighted by Gasteiger charge is -2.06. The number of hydrogen-bond donors (Lipinski definition) is 0. The maximum atomic E-state index is 9.15. The third-order valence-electron chi connectivity index (χ3n) is 2.59. The highest BCUT2D eigenvalue weighted by molar-refractivity contribution is 5.68. The Bertz CT molecular complexity index is 707. The van der Waals surface area contributed by atoms with Crippen molar-refractivity contribution in [3.63, 3.8) is 0 Å². The summed E-state index contributed by atoms with van der Waals surface area (Å²) in [4.78, 5) is 8.25. The maximum Gasteiger partial charge on any atom is 0.234 e. The Hall–Kier alpha value is -2.67. The van der Waals surface area contributed by atoms with Gasteiger partial charge < -0.3 is 0 Å². The Morgan fingerprint density at radius 1 is 1.12 bits per heavy atom. The van der Waals surface area contributed by atoms with Gasteiger partial charge in [0.25, 0.3) is 0 Å². The van der Waals surface area contributed by atoms with Gasteiger partial charge in [0.05, 0.1) is 17.5 Å². The lowest BCUT2D eigenvalue weighted by molar-refractivity contribution is 1.10. The predicted molar refractivity (Wildman–Crippen MR) is 63.1 cm³/mol. The number of hydrogen-bond acceptors (Lipinski definition) is 3. The molecule has 0 aliphatic carbocycles. The van der Waals surface area contributed by atoms with Gasteiger partial charge in [-0.1, -0.05) is 30.3 Å². The highest BCUT2D eigenvalue weighted by Crippen LogP contribution is 2.22. The predicted octanol–water partition coefficient (Wildman–Crippen LogP) is 2.27. The van der Waals surface area contributed by atoms with Gasteiger partial charge >= 0.3 is 0 Å². The standard InChI is InChI=1S/C13H8N4/c14-8-11-9-16-13-15-6-7-17(13)12(11)10-4-2-1-3-5-10/h1-7,9H. The first-order valence-electron chi connectivity index (χ1n) is 5.18. The molecule has 0 unspecified atom stereocenters. The summed E-state index contributed by atoms with van der Waals surface area (Å²) < 4.78 is 1.83. The molecule has 17 heavy (non-hydrogen) atoms. The smallest absolute Gasteiger partial charge is 0.234 e. The van der Waals surface area contributed by atoms with Crippen LogP contribution in [-0.4, -0.2) is 14.4 Å². The molecule has 0 atom stereocenters. The molecule has 3 aromatic rings. The monoisotopic (exact) mass is 220 g/mol. The minimum absolute atomic E-state index is 0.543. The maximum absolute atomic E-state index is 9.15. The summed E-state index contributed by atoms with van der Waals surface area (Å²) in [6.45, 7) is 0. The third-order valence-corrected chi connectivity index (χ3v) is 2.59. The minimum atomic E-state index is 0.543. The topological polar surface area (TPSA) is 54.0 Å². The summed E-state index contributed by atoms with van der Waals surface area (Å²) in [7, 11) is 0. The molecule has 2 aromatic heterocycles. The van der Waals surface area contributed by atoms with E-state index in [0.717, 1.165) is 11.3 Å². The first-order valence-corrected chi connectivity index (χ1v) is 5.18. The molecule has 4 nitrogen and oxygen atoms in total. The molecule has 0 amide bonds. The van der Waals surface area contributed by atoms with Crippen molar-refractivity contribution < 1.29 is 0 Å². The molecule has 4 heteroatoms. The van der Waals surface area contributed by atoms with Crippen LogP contribution in [0.15, 0.2) is 48.9 Å². The van der Waals surface area contributed by atoms with Crippen molar-refractivity contribution in [1.82, 2.24) is 14.4 Å². The second-order valence-corrected chi connectivity index (χ2v) is 3.60. The van der Waals surface area contributed by atoms with Gasteiger partial charge in [-0.05, 0) is 0 Å². The number of aromatic nitrogens is 3. The number of fused-ring (bicyclic) bond motifs is 1. The molecule has 0 saturated heterocycles. The quantitative estimate of drug-likeness (QED) is 0.632. The Morgan fingerprint density at radius 2 is 1.94 bits per heavy atom. The molecule has 0 spiro atoms. The van der Waals surface area contributed by atoms with E-state index in [9.17, 15) is 0 Å². The Kier molecular flexibility index (Phi) is 2.09. The van der Waals surface area contributed by atoms with E-state index in [2.05, 4.69) is 16.0 Å². The first kappa shape index (κ1) is 9.55. The van der Waals surface area contributed by atoms with Gasteiger partial charge in [0.2, 0.25) is 5.78 Å². The van der Waals surface area contributed by atoms with Crippen LogP contribution in [0.3, 0.4) is 0 Å². The summed E-state index contributed by atoms with van der Waals surface area (Å²) in [5.41, 5.74) is 2.35. The van der Waals surface area contributed by atoms with Gasteiger partial charge in [-0.2, -0.15) is 5.26 Å². The van der Waals surface area contributed by atoms with Crippen molar-refractivity contribution >= 4 is 5.78 Å². The lowest BCUT2D eigenvalue weighted by atomic mass is 10.1. The first-order chi connectivity index (χ1) is 8.40. The van der Waals surface area contributed by atoms with E-state index in [4.69, 9.17) is 5.26 Å². The molecule has 0 aliphatic heterocycles. The van der Waals surface area contributed by atoms with Crippen LogP contribution in [0.25, 0.3) is 17.0 Å². The average molecular weight is 220 g/mol. The van der Waals surface area contributed by atoms with E-state index in [0.29, 0.717) is 11.3 Å². The molecule has 1 aromatic carbocycles. The zero-order valence-corrected chi connectivity index (χ0v) is 8.91. The van der Waals surface area contributed by atoms with Gasteiger partial charge in [0, 0.05) is 18.0 Å². The zero-order valence-electron chi connectivity index (χ0n) is 8.91. The summed E-state index contributed by atoms with van der Waals surface area (Å²) in [6.07, 6.45) is 5.05. The van der Waals surface area contributed by atoms with Crippen LogP contribution in [0.5, 0.6) is 0 Å². The fourth-order valence-electron chi connectivity index (χ4n) is 1.85. The Balaban J connectivity index is 2.41. The SMILES string of the molecule is N#Cc1cnc2nccn2c1-c1ccccc1. The van der Waals surface area contributed by atoms with E-state index >= 15 is 0 Å². The minimum Gasteiger partial charge on any atom is -0.282 e. The molecule has 0 bridgehead atoms. The second-order valence-electron chi connectivity index (χ2n) is 3.60. The van der Waals surface area contributed by atoms with Gasteiger partial charge in [-0.25, -0.2) is 9.97 Å². The van der Waals surface area contributed by atoms with Crippen LogP contribution in [0, 0.1) is 11.3 Å². The van der Waals surface area contributed by atoms with Crippen LogP contribution in [0.1, 0.15) is 5.56 Å². The normalized spacial score (nSPS) is 10.3. The zero-order chi connectivity index (χ0) is 11.7.